The molecule has 1 saturated carbocycles. The van der Waals surface area contributed by atoms with Crippen LogP contribution in [-0.4, -0.2) is 24.3 Å². The second-order valence-corrected chi connectivity index (χ2v) is 5.87. The molecular formula is C17H23N3O3. The Kier molecular flexibility index (Phi) is 6.14. The Hall–Kier alpha value is -2.37. The number of hydrogen-bond donors (Lipinski definition) is 3. The smallest absolute Gasteiger partial charge is 0.269 e. The number of carbonyl (C=O) groups is 3. The van der Waals surface area contributed by atoms with Gasteiger partial charge in [-0.15, -0.1) is 0 Å². The van der Waals surface area contributed by atoms with Crippen LogP contribution in [0.5, 0.6) is 0 Å². The monoisotopic (exact) mass is 317 g/mol. The van der Waals surface area contributed by atoms with Gasteiger partial charge in [0, 0.05) is 11.5 Å². The van der Waals surface area contributed by atoms with Gasteiger partial charge in [0.05, 0.1) is 6.54 Å². The first-order valence-corrected chi connectivity index (χ1v) is 8.00. The van der Waals surface area contributed by atoms with E-state index < -0.39 is 5.91 Å². The molecular weight excluding hydrogens is 294 g/mol. The van der Waals surface area contributed by atoms with E-state index in [2.05, 4.69) is 16.2 Å². The molecule has 3 amide bonds. The lowest BCUT2D eigenvalue weighted by atomic mass is 9.89. The first-order chi connectivity index (χ1) is 11.1. The van der Waals surface area contributed by atoms with Crippen LogP contribution in [0.25, 0.3) is 0 Å². The van der Waals surface area contributed by atoms with E-state index in [0.29, 0.717) is 5.56 Å². The van der Waals surface area contributed by atoms with Gasteiger partial charge in [-0.1, -0.05) is 37.5 Å². The number of hydrogen-bond acceptors (Lipinski definition) is 3. The summed E-state index contributed by atoms with van der Waals surface area (Å²) in [7, 11) is 0. The van der Waals surface area contributed by atoms with Crippen LogP contribution in [-0.2, 0) is 9.59 Å². The van der Waals surface area contributed by atoms with Crippen molar-refractivity contribution in [2.45, 2.75) is 39.0 Å². The fourth-order valence-corrected chi connectivity index (χ4v) is 2.74. The molecule has 0 aromatic heterocycles. The van der Waals surface area contributed by atoms with Gasteiger partial charge in [0.15, 0.2) is 0 Å². The third-order valence-corrected chi connectivity index (χ3v) is 4.10. The number of hydrazine groups is 1. The van der Waals surface area contributed by atoms with E-state index in [9.17, 15) is 14.4 Å². The number of nitrogens with one attached hydrogen (secondary N) is 3. The van der Waals surface area contributed by atoms with Gasteiger partial charge in [0.2, 0.25) is 5.91 Å². The van der Waals surface area contributed by atoms with E-state index in [1.807, 2.05) is 19.1 Å². The predicted molar refractivity (Wildman–Crippen MR) is 86.4 cm³/mol. The minimum absolute atomic E-state index is 0.0121. The van der Waals surface area contributed by atoms with Crippen LogP contribution in [0.3, 0.4) is 0 Å². The molecule has 0 atom stereocenters. The van der Waals surface area contributed by atoms with Gasteiger partial charge in [-0.2, -0.15) is 0 Å². The Balaban J connectivity index is 1.71. The molecule has 1 aromatic carbocycles. The highest BCUT2D eigenvalue weighted by Gasteiger charge is 2.21. The van der Waals surface area contributed by atoms with Crippen molar-refractivity contribution in [2.24, 2.45) is 5.92 Å². The lowest BCUT2D eigenvalue weighted by molar-refractivity contribution is -0.129. The molecule has 1 aromatic rings. The predicted octanol–water partition coefficient (Wildman–Crippen LogP) is 1.45. The molecule has 0 aliphatic heterocycles. The highest BCUT2D eigenvalue weighted by atomic mass is 16.2. The zero-order valence-electron chi connectivity index (χ0n) is 13.4. The molecule has 1 aliphatic rings. The molecule has 3 N–H and O–H groups in total. The molecule has 0 radical (unpaired) electrons. The quantitative estimate of drug-likeness (QED) is 0.735. The summed E-state index contributed by atoms with van der Waals surface area (Å²) in [4.78, 5) is 35.6. The summed E-state index contributed by atoms with van der Waals surface area (Å²) in [6.07, 6.45) is 5.08. The number of benzene rings is 1. The van der Waals surface area contributed by atoms with E-state index in [1.165, 1.54) is 6.42 Å². The van der Waals surface area contributed by atoms with Crippen molar-refractivity contribution in [1.82, 2.24) is 16.2 Å². The lowest BCUT2D eigenvalue weighted by Gasteiger charge is -2.20. The Morgan fingerprint density at radius 2 is 1.74 bits per heavy atom. The molecule has 0 bridgehead atoms. The lowest BCUT2D eigenvalue weighted by Crippen LogP contribution is -2.47. The van der Waals surface area contributed by atoms with Crippen molar-refractivity contribution in [3.05, 3.63) is 35.4 Å². The normalized spacial score (nSPS) is 14.8. The third-order valence-electron chi connectivity index (χ3n) is 4.10. The Labute approximate surface area is 136 Å². The summed E-state index contributed by atoms with van der Waals surface area (Å²) in [6.45, 7) is 1.69. The molecule has 2 rings (SSSR count). The van der Waals surface area contributed by atoms with Crippen molar-refractivity contribution in [3.8, 4) is 0 Å². The standard InChI is InChI=1S/C17H23N3O3/c1-12-7-5-6-10-14(12)17(23)20-19-15(21)11-18-16(22)13-8-3-2-4-9-13/h5-7,10,13H,2-4,8-9,11H2,1H3,(H,18,22)(H,19,21)(H,20,23). The van der Waals surface area contributed by atoms with E-state index in [0.717, 1.165) is 31.2 Å². The van der Waals surface area contributed by atoms with Crippen LogP contribution < -0.4 is 16.2 Å². The van der Waals surface area contributed by atoms with Crippen molar-refractivity contribution >= 4 is 17.7 Å². The summed E-state index contributed by atoms with van der Waals surface area (Å²) in [5.41, 5.74) is 5.99. The topological polar surface area (TPSA) is 87.3 Å². The van der Waals surface area contributed by atoms with Crippen molar-refractivity contribution in [3.63, 3.8) is 0 Å². The zero-order valence-corrected chi connectivity index (χ0v) is 13.4. The van der Waals surface area contributed by atoms with Gasteiger partial charge in [0.1, 0.15) is 0 Å². The first-order valence-electron chi connectivity index (χ1n) is 8.00. The molecule has 23 heavy (non-hydrogen) atoms. The second kappa shape index (κ2) is 8.31. The van der Waals surface area contributed by atoms with Crippen LogP contribution in [0.1, 0.15) is 48.0 Å². The molecule has 1 aliphatic carbocycles. The van der Waals surface area contributed by atoms with Crippen LogP contribution in [0.2, 0.25) is 0 Å². The van der Waals surface area contributed by atoms with Gasteiger partial charge < -0.3 is 5.32 Å². The van der Waals surface area contributed by atoms with E-state index in [1.54, 1.807) is 12.1 Å². The highest BCUT2D eigenvalue weighted by molar-refractivity contribution is 5.97. The number of aryl methyl sites for hydroxylation is 1. The number of rotatable bonds is 4. The van der Waals surface area contributed by atoms with Crippen molar-refractivity contribution < 1.29 is 14.4 Å². The first kappa shape index (κ1) is 17.0. The Morgan fingerprint density at radius 1 is 1.04 bits per heavy atom. The molecule has 0 spiro atoms. The Morgan fingerprint density at radius 3 is 2.43 bits per heavy atom. The number of amides is 3. The van der Waals surface area contributed by atoms with Gasteiger partial charge in [-0.25, -0.2) is 0 Å². The van der Waals surface area contributed by atoms with Gasteiger partial charge in [-0.3, -0.25) is 25.2 Å². The van der Waals surface area contributed by atoms with Crippen molar-refractivity contribution in [1.29, 1.82) is 0 Å². The summed E-state index contributed by atoms with van der Waals surface area (Å²) < 4.78 is 0. The SMILES string of the molecule is Cc1ccccc1C(=O)NNC(=O)CNC(=O)C1CCCCC1. The third kappa shape index (κ3) is 5.09. The summed E-state index contributed by atoms with van der Waals surface area (Å²) in [5, 5.41) is 2.62. The maximum Gasteiger partial charge on any atom is 0.269 e. The average molecular weight is 317 g/mol. The van der Waals surface area contributed by atoms with Crippen LogP contribution in [0.4, 0.5) is 0 Å². The maximum atomic E-state index is 11.9. The van der Waals surface area contributed by atoms with Gasteiger partial charge in [0.25, 0.3) is 11.8 Å². The molecule has 1 fully saturated rings. The van der Waals surface area contributed by atoms with Crippen LogP contribution >= 0.6 is 0 Å². The Bertz CT molecular complexity index is 580. The minimum atomic E-state index is -0.448. The van der Waals surface area contributed by atoms with Crippen molar-refractivity contribution in [2.75, 3.05) is 6.54 Å². The summed E-state index contributed by atoms with van der Waals surface area (Å²) in [6, 6.07) is 7.10. The maximum absolute atomic E-state index is 11.9. The van der Waals surface area contributed by atoms with Gasteiger partial charge in [-0.05, 0) is 31.4 Å². The largest absolute Gasteiger partial charge is 0.347 e. The average Bonchev–Trinajstić information content (AvgIpc) is 2.58. The fourth-order valence-electron chi connectivity index (χ4n) is 2.74. The van der Waals surface area contributed by atoms with Gasteiger partial charge >= 0.3 is 0 Å². The minimum Gasteiger partial charge on any atom is -0.347 e. The fraction of sp³-hybridized carbons (Fsp3) is 0.471. The highest BCUT2D eigenvalue weighted by Crippen LogP contribution is 2.23. The summed E-state index contributed by atoms with van der Waals surface area (Å²) >= 11 is 0. The molecule has 6 nitrogen and oxygen atoms in total. The molecule has 0 heterocycles. The van der Waals surface area contributed by atoms with E-state index >= 15 is 0 Å². The molecule has 124 valence electrons. The molecule has 0 unspecified atom stereocenters. The summed E-state index contributed by atoms with van der Waals surface area (Å²) in [5.74, 6) is -0.894. The van der Waals surface area contributed by atoms with E-state index in [-0.39, 0.29) is 24.3 Å². The second-order valence-electron chi connectivity index (χ2n) is 5.87. The van der Waals surface area contributed by atoms with Crippen LogP contribution in [0, 0.1) is 12.8 Å². The van der Waals surface area contributed by atoms with Crippen LogP contribution in [0.15, 0.2) is 24.3 Å². The number of carbonyl (C=O) groups excluding carboxylic acids is 3. The van der Waals surface area contributed by atoms with E-state index in [4.69, 9.17) is 0 Å². The zero-order chi connectivity index (χ0) is 16.7. The molecule has 0 saturated heterocycles. The molecule has 6 heteroatoms.